The zero-order valence-electron chi connectivity index (χ0n) is 25.1. The van der Waals surface area contributed by atoms with Crippen molar-refractivity contribution in [3.63, 3.8) is 0 Å². The van der Waals surface area contributed by atoms with Crippen LogP contribution in [0.4, 0.5) is 0 Å². The molecule has 0 aliphatic rings. The number of nitrogens with zero attached hydrogens (tertiary/aromatic N) is 3. The SMILES string of the molecule is CC(C)c1cc(C(C)C)cc(-n2c(-c3ccccc3)nc3c(-c4nc(-c5ccccc5)cc5ccccc45)cccc32)c1. The number of benzene rings is 5. The lowest BCUT2D eigenvalue weighted by molar-refractivity contribution is 0.829. The molecule has 0 saturated carbocycles. The van der Waals surface area contributed by atoms with Gasteiger partial charge in [0, 0.05) is 27.8 Å². The Balaban J connectivity index is 1.55. The van der Waals surface area contributed by atoms with E-state index >= 15 is 0 Å². The Hall–Kier alpha value is -5.02. The molecule has 43 heavy (non-hydrogen) atoms. The first-order valence-corrected chi connectivity index (χ1v) is 15.2. The van der Waals surface area contributed by atoms with E-state index in [2.05, 4.69) is 154 Å². The van der Waals surface area contributed by atoms with Crippen LogP contribution in [0, 0.1) is 0 Å². The van der Waals surface area contributed by atoms with Gasteiger partial charge >= 0.3 is 0 Å². The lowest BCUT2D eigenvalue weighted by Gasteiger charge is -2.17. The van der Waals surface area contributed by atoms with E-state index in [0.717, 1.165) is 61.4 Å². The Labute approximate surface area is 253 Å². The van der Waals surface area contributed by atoms with Crippen molar-refractivity contribution >= 4 is 21.8 Å². The van der Waals surface area contributed by atoms with Gasteiger partial charge in [-0.1, -0.05) is 131 Å². The molecule has 3 heteroatoms. The van der Waals surface area contributed by atoms with Gasteiger partial charge in [-0.3, -0.25) is 4.57 Å². The van der Waals surface area contributed by atoms with Crippen molar-refractivity contribution in [3.05, 3.63) is 139 Å². The highest BCUT2D eigenvalue weighted by Gasteiger charge is 2.21. The summed E-state index contributed by atoms with van der Waals surface area (Å²) >= 11 is 0. The predicted molar refractivity (Wildman–Crippen MR) is 181 cm³/mol. The Morgan fingerprint density at radius 2 is 1.19 bits per heavy atom. The number of hydrogen-bond acceptors (Lipinski definition) is 2. The largest absolute Gasteiger partial charge is 0.292 e. The van der Waals surface area contributed by atoms with Crippen LogP contribution in [0.5, 0.6) is 0 Å². The number of aromatic nitrogens is 3. The van der Waals surface area contributed by atoms with Crippen molar-refractivity contribution in [2.45, 2.75) is 39.5 Å². The van der Waals surface area contributed by atoms with Crippen molar-refractivity contribution in [2.75, 3.05) is 0 Å². The molecule has 0 bridgehead atoms. The fourth-order valence-corrected chi connectivity index (χ4v) is 5.95. The second-order valence-electron chi connectivity index (χ2n) is 11.9. The van der Waals surface area contributed by atoms with E-state index in [4.69, 9.17) is 9.97 Å². The Bertz CT molecular complexity index is 2040. The first kappa shape index (κ1) is 26.9. The van der Waals surface area contributed by atoms with Gasteiger partial charge in [0.05, 0.1) is 22.4 Å². The molecule has 210 valence electrons. The summed E-state index contributed by atoms with van der Waals surface area (Å²) in [5.74, 6) is 1.76. The summed E-state index contributed by atoms with van der Waals surface area (Å²) in [6.07, 6.45) is 0. The molecule has 0 radical (unpaired) electrons. The molecule has 2 aromatic heterocycles. The minimum atomic E-state index is 0.416. The highest BCUT2D eigenvalue weighted by molar-refractivity contribution is 6.04. The molecule has 0 N–H and O–H groups in total. The normalized spacial score (nSPS) is 11.7. The van der Waals surface area contributed by atoms with Gasteiger partial charge in [0.25, 0.3) is 0 Å². The summed E-state index contributed by atoms with van der Waals surface area (Å²) in [6.45, 7) is 9.06. The Morgan fingerprint density at radius 3 is 1.86 bits per heavy atom. The van der Waals surface area contributed by atoms with E-state index < -0.39 is 0 Å². The molecule has 7 rings (SSSR count). The fraction of sp³-hybridized carbons (Fsp3) is 0.150. The summed E-state index contributed by atoms with van der Waals surface area (Å²) in [5, 5.41) is 2.28. The van der Waals surface area contributed by atoms with E-state index in [1.165, 1.54) is 11.1 Å². The van der Waals surface area contributed by atoms with Gasteiger partial charge in [-0.25, -0.2) is 9.97 Å². The summed E-state index contributed by atoms with van der Waals surface area (Å²) in [5.41, 5.74) is 11.0. The molecule has 5 aromatic carbocycles. The van der Waals surface area contributed by atoms with Crippen LogP contribution in [0.25, 0.3) is 61.4 Å². The first-order chi connectivity index (χ1) is 21.0. The molecule has 0 saturated heterocycles. The molecule has 0 unspecified atom stereocenters. The van der Waals surface area contributed by atoms with E-state index in [1.54, 1.807) is 0 Å². The van der Waals surface area contributed by atoms with Crippen molar-refractivity contribution in [1.82, 2.24) is 14.5 Å². The topological polar surface area (TPSA) is 30.7 Å². The lowest BCUT2D eigenvalue weighted by atomic mass is 9.94. The molecule has 0 fully saturated rings. The van der Waals surface area contributed by atoms with Crippen molar-refractivity contribution in [3.8, 4) is 39.6 Å². The second kappa shape index (κ2) is 11.0. The molecule has 2 heterocycles. The van der Waals surface area contributed by atoms with Crippen LogP contribution in [0.2, 0.25) is 0 Å². The van der Waals surface area contributed by atoms with Crippen molar-refractivity contribution in [2.24, 2.45) is 0 Å². The average Bonchev–Trinajstić information content (AvgIpc) is 3.45. The third-order valence-corrected chi connectivity index (χ3v) is 8.34. The number of hydrogen-bond donors (Lipinski definition) is 0. The molecular formula is C40H35N3. The van der Waals surface area contributed by atoms with Crippen LogP contribution in [0.3, 0.4) is 0 Å². The highest BCUT2D eigenvalue weighted by atomic mass is 15.1. The number of pyridine rings is 1. The number of para-hydroxylation sites is 1. The Morgan fingerprint density at radius 1 is 0.558 bits per heavy atom. The van der Waals surface area contributed by atoms with Crippen molar-refractivity contribution in [1.29, 1.82) is 0 Å². The maximum absolute atomic E-state index is 5.42. The van der Waals surface area contributed by atoms with E-state index in [-0.39, 0.29) is 0 Å². The van der Waals surface area contributed by atoms with Gasteiger partial charge in [0.2, 0.25) is 0 Å². The van der Waals surface area contributed by atoms with Crippen molar-refractivity contribution < 1.29 is 0 Å². The minimum absolute atomic E-state index is 0.416. The van der Waals surface area contributed by atoms with Gasteiger partial charge in [-0.2, -0.15) is 0 Å². The van der Waals surface area contributed by atoms with Gasteiger partial charge in [0.15, 0.2) is 0 Å². The van der Waals surface area contributed by atoms with Crippen LogP contribution >= 0.6 is 0 Å². The first-order valence-electron chi connectivity index (χ1n) is 15.2. The van der Waals surface area contributed by atoms with E-state index in [1.807, 2.05) is 6.07 Å². The number of fused-ring (bicyclic) bond motifs is 2. The molecule has 3 nitrogen and oxygen atoms in total. The van der Waals surface area contributed by atoms with Crippen LogP contribution < -0.4 is 0 Å². The smallest absolute Gasteiger partial charge is 0.145 e. The lowest BCUT2D eigenvalue weighted by Crippen LogP contribution is -2.02. The molecule has 0 spiro atoms. The fourth-order valence-electron chi connectivity index (χ4n) is 5.95. The monoisotopic (exact) mass is 557 g/mol. The molecule has 0 aliphatic carbocycles. The molecule has 0 atom stereocenters. The summed E-state index contributed by atoms with van der Waals surface area (Å²) in [7, 11) is 0. The Kier molecular flexibility index (Phi) is 6.87. The molecular weight excluding hydrogens is 522 g/mol. The summed E-state index contributed by atoms with van der Waals surface area (Å²) < 4.78 is 2.34. The van der Waals surface area contributed by atoms with Gasteiger partial charge < -0.3 is 0 Å². The van der Waals surface area contributed by atoms with E-state index in [0.29, 0.717) is 11.8 Å². The zero-order chi connectivity index (χ0) is 29.5. The third kappa shape index (κ3) is 4.91. The third-order valence-electron chi connectivity index (χ3n) is 8.34. The summed E-state index contributed by atoms with van der Waals surface area (Å²) in [6, 6.07) is 45.2. The standard InChI is InChI=1S/C40H35N3/c1-26(2)31-22-32(27(3)4)24-33(23-31)43-37-21-13-20-35(39(37)42-40(43)29-16-9-6-10-17-29)38-34-19-12-11-18-30(34)25-36(41-38)28-14-7-5-8-15-28/h5-27H,1-4H3. The predicted octanol–water partition coefficient (Wildman–Crippen LogP) is 10.8. The van der Waals surface area contributed by atoms with Crippen LogP contribution in [0.1, 0.15) is 50.7 Å². The maximum atomic E-state index is 5.42. The maximum Gasteiger partial charge on any atom is 0.145 e. The highest BCUT2D eigenvalue weighted by Crippen LogP contribution is 2.38. The molecule has 0 aliphatic heterocycles. The number of rotatable bonds is 6. The second-order valence-corrected chi connectivity index (χ2v) is 11.9. The summed E-state index contributed by atoms with van der Waals surface area (Å²) in [4.78, 5) is 10.7. The zero-order valence-corrected chi connectivity index (χ0v) is 25.1. The average molecular weight is 558 g/mol. The minimum Gasteiger partial charge on any atom is -0.292 e. The van der Waals surface area contributed by atoms with Crippen LogP contribution in [0.15, 0.2) is 127 Å². The van der Waals surface area contributed by atoms with Gasteiger partial charge in [-0.15, -0.1) is 0 Å². The molecule has 7 aromatic rings. The number of imidazole rings is 1. The van der Waals surface area contributed by atoms with Gasteiger partial charge in [-0.05, 0) is 52.6 Å². The van der Waals surface area contributed by atoms with E-state index in [9.17, 15) is 0 Å². The van der Waals surface area contributed by atoms with Crippen LogP contribution in [-0.4, -0.2) is 14.5 Å². The quantitative estimate of drug-likeness (QED) is 0.204. The van der Waals surface area contributed by atoms with Gasteiger partial charge in [0.1, 0.15) is 5.82 Å². The molecule has 0 amide bonds. The van der Waals surface area contributed by atoms with Crippen LogP contribution in [-0.2, 0) is 0 Å².